The largest absolute Gasteiger partial charge is 0.504 e. The minimum atomic E-state index is -4.78. The highest BCUT2D eigenvalue weighted by molar-refractivity contribution is 5.78. The molecular weight excluding hydrogens is 233 g/mol. The number of fused-ring (bicyclic) bond motifs is 1. The number of nitrogens with zero attached hydrogens (tertiary/aromatic N) is 2. The molecule has 0 saturated heterocycles. The molecule has 0 fully saturated rings. The second-order valence-electron chi connectivity index (χ2n) is 3.31. The Bertz CT molecular complexity index is 578. The normalized spacial score (nSPS) is 13.0. The number of alkyl halides is 3. The van der Waals surface area contributed by atoms with Crippen LogP contribution in [0.25, 0.3) is 17.0 Å². The van der Waals surface area contributed by atoms with Crippen LogP contribution in [0.1, 0.15) is 5.82 Å². The molecular formula is C11H7F3N2O. The van der Waals surface area contributed by atoms with Gasteiger partial charge in [-0.2, -0.15) is 13.2 Å². The molecule has 0 unspecified atom stereocenters. The van der Waals surface area contributed by atoms with Crippen LogP contribution in [0.5, 0.6) is 0 Å². The maximum atomic E-state index is 12.1. The molecule has 6 heteroatoms. The van der Waals surface area contributed by atoms with Crippen LogP contribution < -0.4 is 0 Å². The van der Waals surface area contributed by atoms with E-state index in [9.17, 15) is 13.2 Å². The van der Waals surface area contributed by atoms with Gasteiger partial charge in [-0.05, 0) is 6.07 Å². The molecule has 1 N–H and O–H groups in total. The van der Waals surface area contributed by atoms with Gasteiger partial charge in [-0.1, -0.05) is 18.2 Å². The minimum Gasteiger partial charge on any atom is -0.504 e. The number of aliphatic hydroxyl groups is 1. The highest BCUT2D eigenvalue weighted by Gasteiger charge is 2.33. The minimum absolute atomic E-state index is 0.182. The maximum Gasteiger partial charge on any atom is 0.448 e. The van der Waals surface area contributed by atoms with Crippen molar-refractivity contribution in [2.45, 2.75) is 6.18 Å². The van der Waals surface area contributed by atoms with Crippen molar-refractivity contribution in [2.75, 3.05) is 0 Å². The summed E-state index contributed by atoms with van der Waals surface area (Å²) < 4.78 is 36.2. The van der Waals surface area contributed by atoms with Crippen LogP contribution in [0.2, 0.25) is 0 Å². The molecule has 88 valence electrons. The number of rotatable bonds is 1. The first-order valence-corrected chi connectivity index (χ1v) is 4.66. The van der Waals surface area contributed by atoms with Gasteiger partial charge in [0.15, 0.2) is 5.82 Å². The molecule has 0 saturated carbocycles. The van der Waals surface area contributed by atoms with E-state index in [2.05, 4.69) is 9.97 Å². The van der Waals surface area contributed by atoms with E-state index in [4.69, 9.17) is 5.11 Å². The van der Waals surface area contributed by atoms with E-state index in [0.29, 0.717) is 11.6 Å². The lowest BCUT2D eigenvalue weighted by atomic mass is 10.2. The van der Waals surface area contributed by atoms with Crippen LogP contribution in [0.4, 0.5) is 13.2 Å². The fraction of sp³-hybridized carbons (Fsp3) is 0.0909. The van der Waals surface area contributed by atoms with Crippen LogP contribution in [0.3, 0.4) is 0 Å². The van der Waals surface area contributed by atoms with Gasteiger partial charge in [0.2, 0.25) is 5.76 Å². The molecule has 2 aromatic rings. The van der Waals surface area contributed by atoms with Gasteiger partial charge in [-0.25, -0.2) is 9.97 Å². The summed E-state index contributed by atoms with van der Waals surface area (Å²) in [6.45, 7) is 0. The lowest BCUT2D eigenvalue weighted by Gasteiger charge is -2.04. The molecule has 1 heterocycles. The Labute approximate surface area is 94.2 Å². The lowest BCUT2D eigenvalue weighted by molar-refractivity contribution is -0.119. The monoisotopic (exact) mass is 240 g/mol. The number of halogens is 3. The van der Waals surface area contributed by atoms with Gasteiger partial charge in [0.05, 0.1) is 5.52 Å². The number of allylic oxidation sites excluding steroid dienone is 1. The van der Waals surface area contributed by atoms with E-state index in [0.717, 1.165) is 5.39 Å². The van der Waals surface area contributed by atoms with Crippen molar-refractivity contribution in [1.29, 1.82) is 0 Å². The first kappa shape index (κ1) is 11.4. The van der Waals surface area contributed by atoms with Gasteiger partial charge in [0.25, 0.3) is 0 Å². The third-order valence-corrected chi connectivity index (χ3v) is 2.06. The summed E-state index contributed by atoms with van der Waals surface area (Å²) in [5.41, 5.74) is 0.517. The SMILES string of the molecule is O/C(=C\c1ncc2ccccc2n1)C(F)(F)F. The number of hydrogen-bond donors (Lipinski definition) is 1. The molecule has 3 nitrogen and oxygen atoms in total. The standard InChI is InChI=1S/C11H7F3N2O/c12-11(13,14)9(17)5-10-15-6-7-3-1-2-4-8(7)16-10/h1-6,17H/b9-5-. The van der Waals surface area contributed by atoms with E-state index < -0.39 is 11.9 Å². The lowest BCUT2D eigenvalue weighted by Crippen LogP contribution is -2.11. The first-order chi connectivity index (χ1) is 7.97. The van der Waals surface area contributed by atoms with Crippen LogP contribution in [-0.4, -0.2) is 21.3 Å². The number of hydrogen-bond acceptors (Lipinski definition) is 3. The molecule has 17 heavy (non-hydrogen) atoms. The second-order valence-corrected chi connectivity index (χ2v) is 3.31. The van der Waals surface area contributed by atoms with Crippen molar-refractivity contribution in [3.63, 3.8) is 0 Å². The van der Waals surface area contributed by atoms with Crippen molar-refractivity contribution in [3.8, 4) is 0 Å². The van der Waals surface area contributed by atoms with E-state index in [1.807, 2.05) is 0 Å². The summed E-state index contributed by atoms with van der Waals surface area (Å²) in [4.78, 5) is 7.59. The summed E-state index contributed by atoms with van der Waals surface area (Å²) in [6.07, 6.45) is -2.89. The van der Waals surface area contributed by atoms with Crippen LogP contribution in [-0.2, 0) is 0 Å². The highest BCUT2D eigenvalue weighted by atomic mass is 19.4. The molecule has 0 amide bonds. The Hall–Kier alpha value is -2.11. The van der Waals surface area contributed by atoms with Gasteiger partial charge in [-0.3, -0.25) is 0 Å². The van der Waals surface area contributed by atoms with Gasteiger partial charge < -0.3 is 5.11 Å². The molecule has 0 aliphatic rings. The number of aromatic nitrogens is 2. The van der Waals surface area contributed by atoms with Crippen LogP contribution in [0.15, 0.2) is 36.2 Å². The van der Waals surface area contributed by atoms with Crippen molar-refractivity contribution in [3.05, 3.63) is 42.0 Å². The Morgan fingerprint density at radius 3 is 2.65 bits per heavy atom. The molecule has 2 rings (SSSR count). The average Bonchev–Trinajstić information content (AvgIpc) is 2.27. The topological polar surface area (TPSA) is 46.0 Å². The third kappa shape index (κ3) is 2.52. The Kier molecular flexibility index (Phi) is 2.71. The molecule has 0 radical (unpaired) electrons. The van der Waals surface area contributed by atoms with Gasteiger partial charge in [0.1, 0.15) is 0 Å². The summed E-state index contributed by atoms with van der Waals surface area (Å²) in [5.74, 6) is -1.90. The second kappa shape index (κ2) is 4.04. The maximum absolute atomic E-state index is 12.1. The van der Waals surface area contributed by atoms with Crippen molar-refractivity contribution >= 4 is 17.0 Å². The predicted molar refractivity (Wildman–Crippen MR) is 56.2 cm³/mol. The number of aliphatic hydroxyl groups excluding tert-OH is 1. The van der Waals surface area contributed by atoms with Crippen molar-refractivity contribution in [1.82, 2.24) is 9.97 Å². The Balaban J connectivity index is 2.44. The van der Waals surface area contributed by atoms with E-state index >= 15 is 0 Å². The first-order valence-electron chi connectivity index (χ1n) is 4.66. The fourth-order valence-electron chi connectivity index (χ4n) is 1.26. The molecule has 0 spiro atoms. The van der Waals surface area contributed by atoms with Crippen LogP contribution in [0, 0.1) is 0 Å². The Morgan fingerprint density at radius 1 is 1.24 bits per heavy atom. The van der Waals surface area contributed by atoms with Crippen molar-refractivity contribution in [2.24, 2.45) is 0 Å². The summed E-state index contributed by atoms with van der Waals surface area (Å²) >= 11 is 0. The summed E-state index contributed by atoms with van der Waals surface area (Å²) in [6, 6.07) is 6.88. The molecule has 1 aromatic heterocycles. The van der Waals surface area contributed by atoms with E-state index in [1.54, 1.807) is 24.3 Å². The van der Waals surface area contributed by atoms with E-state index in [1.165, 1.54) is 6.20 Å². The fourth-order valence-corrected chi connectivity index (χ4v) is 1.26. The van der Waals surface area contributed by atoms with Gasteiger partial charge >= 0.3 is 6.18 Å². The summed E-state index contributed by atoms with van der Waals surface area (Å²) in [5, 5.41) is 9.49. The molecule has 0 aliphatic carbocycles. The average molecular weight is 240 g/mol. The predicted octanol–water partition coefficient (Wildman–Crippen LogP) is 3.09. The van der Waals surface area contributed by atoms with Crippen LogP contribution >= 0.6 is 0 Å². The quantitative estimate of drug-likeness (QED) is 0.779. The third-order valence-electron chi connectivity index (χ3n) is 2.06. The highest BCUT2D eigenvalue weighted by Crippen LogP contribution is 2.24. The zero-order valence-corrected chi connectivity index (χ0v) is 8.44. The zero-order chi connectivity index (χ0) is 12.5. The molecule has 1 aromatic carbocycles. The van der Waals surface area contributed by atoms with Crippen molar-refractivity contribution < 1.29 is 18.3 Å². The Morgan fingerprint density at radius 2 is 1.94 bits per heavy atom. The number of benzene rings is 1. The summed E-state index contributed by atoms with van der Waals surface area (Å²) in [7, 11) is 0. The number of para-hydroxylation sites is 1. The molecule has 0 aliphatic heterocycles. The smallest absolute Gasteiger partial charge is 0.448 e. The zero-order valence-electron chi connectivity index (χ0n) is 8.44. The van der Waals surface area contributed by atoms with E-state index in [-0.39, 0.29) is 5.82 Å². The molecule has 0 bridgehead atoms. The van der Waals surface area contributed by atoms with Gasteiger partial charge in [0, 0.05) is 17.7 Å². The molecule has 0 atom stereocenters. The van der Waals surface area contributed by atoms with Gasteiger partial charge in [-0.15, -0.1) is 0 Å².